The van der Waals surface area contributed by atoms with E-state index in [1.807, 2.05) is 0 Å². The van der Waals surface area contributed by atoms with Gasteiger partial charge in [-0.1, -0.05) is 48.0 Å². The lowest BCUT2D eigenvalue weighted by Gasteiger charge is -2.40. The Balaban J connectivity index is 1.41. The van der Waals surface area contributed by atoms with E-state index in [0.717, 1.165) is 24.6 Å². The molecular formula is C28H31N3O2. The summed E-state index contributed by atoms with van der Waals surface area (Å²) in [7, 11) is 0. The smallest absolute Gasteiger partial charge is 0.163 e. The Hall–Kier alpha value is -3.02. The van der Waals surface area contributed by atoms with Gasteiger partial charge in [0, 0.05) is 30.8 Å². The maximum atomic E-state index is 5.96. The van der Waals surface area contributed by atoms with Crippen LogP contribution in [-0.2, 0) is 6.54 Å². The molecule has 0 amide bonds. The standard InChI is InChI=1S/C28H31N3O2/c1-17-5-4-6-20(11-17)15-31-16-23-27(21-8-7-18(2)19(3)12-21)29-30-28(23)22-13-25-26(14-24(22)31)33-10-9-32-25/h4-8,11-14,23,27-30H,9-10,15-16H2,1-3H3. The highest BCUT2D eigenvalue weighted by Gasteiger charge is 2.44. The number of benzene rings is 3. The monoisotopic (exact) mass is 441 g/mol. The van der Waals surface area contributed by atoms with Gasteiger partial charge in [-0.25, -0.2) is 10.9 Å². The molecule has 0 aromatic heterocycles. The van der Waals surface area contributed by atoms with Gasteiger partial charge < -0.3 is 14.4 Å². The first-order chi connectivity index (χ1) is 16.1. The first-order valence-electron chi connectivity index (χ1n) is 11.9. The number of hydrogen-bond acceptors (Lipinski definition) is 5. The largest absolute Gasteiger partial charge is 0.486 e. The van der Waals surface area contributed by atoms with Crippen molar-refractivity contribution in [2.75, 3.05) is 24.7 Å². The summed E-state index contributed by atoms with van der Waals surface area (Å²) in [6.45, 7) is 9.57. The zero-order valence-corrected chi connectivity index (χ0v) is 19.5. The van der Waals surface area contributed by atoms with Crippen LogP contribution in [-0.4, -0.2) is 19.8 Å². The van der Waals surface area contributed by atoms with Crippen LogP contribution >= 0.6 is 0 Å². The molecule has 170 valence electrons. The molecule has 0 radical (unpaired) electrons. The van der Waals surface area contributed by atoms with Crippen molar-refractivity contribution in [3.05, 3.63) is 88.0 Å². The summed E-state index contributed by atoms with van der Waals surface area (Å²) in [5.41, 5.74) is 16.4. The van der Waals surface area contributed by atoms with E-state index >= 15 is 0 Å². The Morgan fingerprint density at radius 3 is 2.42 bits per heavy atom. The molecule has 3 unspecified atom stereocenters. The predicted octanol–water partition coefficient (Wildman–Crippen LogP) is 4.91. The van der Waals surface area contributed by atoms with Crippen molar-refractivity contribution < 1.29 is 9.47 Å². The molecule has 6 rings (SSSR count). The molecule has 5 nitrogen and oxygen atoms in total. The summed E-state index contributed by atoms with van der Waals surface area (Å²) in [6, 6.07) is 20.5. The van der Waals surface area contributed by atoms with E-state index in [9.17, 15) is 0 Å². The van der Waals surface area contributed by atoms with Crippen LogP contribution in [0.1, 0.15) is 45.5 Å². The van der Waals surface area contributed by atoms with Crippen molar-refractivity contribution in [1.29, 1.82) is 0 Å². The number of ether oxygens (including phenoxy) is 2. The van der Waals surface area contributed by atoms with E-state index in [2.05, 4.69) is 91.1 Å². The summed E-state index contributed by atoms with van der Waals surface area (Å²) in [4.78, 5) is 2.52. The Morgan fingerprint density at radius 2 is 1.64 bits per heavy atom. The maximum absolute atomic E-state index is 5.96. The maximum Gasteiger partial charge on any atom is 0.163 e. The van der Waals surface area contributed by atoms with Gasteiger partial charge in [-0.15, -0.1) is 0 Å². The molecule has 3 aromatic carbocycles. The Bertz CT molecular complexity index is 1210. The molecule has 5 heteroatoms. The van der Waals surface area contributed by atoms with E-state index in [-0.39, 0.29) is 12.1 Å². The van der Waals surface area contributed by atoms with Gasteiger partial charge in [0.15, 0.2) is 11.5 Å². The zero-order valence-electron chi connectivity index (χ0n) is 19.5. The molecular weight excluding hydrogens is 410 g/mol. The molecule has 1 saturated heterocycles. The van der Waals surface area contributed by atoms with Gasteiger partial charge in [-0.3, -0.25) is 0 Å². The van der Waals surface area contributed by atoms with Crippen LogP contribution in [0.2, 0.25) is 0 Å². The number of aryl methyl sites for hydroxylation is 3. The number of nitrogens with one attached hydrogen (secondary N) is 2. The topological polar surface area (TPSA) is 45.8 Å². The first kappa shape index (κ1) is 20.6. The van der Waals surface area contributed by atoms with Crippen molar-refractivity contribution in [3.63, 3.8) is 0 Å². The number of nitrogens with zero attached hydrogens (tertiary/aromatic N) is 1. The summed E-state index contributed by atoms with van der Waals surface area (Å²) in [6.07, 6.45) is 0. The number of fused-ring (bicyclic) bond motifs is 4. The normalized spacial score (nSPS) is 23.2. The van der Waals surface area contributed by atoms with Crippen LogP contribution < -0.4 is 25.2 Å². The van der Waals surface area contributed by atoms with E-state index < -0.39 is 0 Å². The second-order valence-electron chi connectivity index (χ2n) is 9.68. The molecule has 3 aromatic rings. The van der Waals surface area contributed by atoms with E-state index in [4.69, 9.17) is 9.47 Å². The highest BCUT2D eigenvalue weighted by Crippen LogP contribution is 2.49. The van der Waals surface area contributed by atoms with Gasteiger partial charge in [0.25, 0.3) is 0 Å². The summed E-state index contributed by atoms with van der Waals surface area (Å²) < 4.78 is 11.9. The number of hydrazine groups is 1. The van der Waals surface area contributed by atoms with Gasteiger partial charge in [-0.2, -0.15) is 0 Å². The highest BCUT2D eigenvalue weighted by atomic mass is 16.6. The number of rotatable bonds is 3. The quantitative estimate of drug-likeness (QED) is 0.605. The van der Waals surface area contributed by atoms with Crippen LogP contribution in [0.15, 0.2) is 54.6 Å². The van der Waals surface area contributed by atoms with Crippen molar-refractivity contribution in [1.82, 2.24) is 10.9 Å². The van der Waals surface area contributed by atoms with Gasteiger partial charge in [0.2, 0.25) is 0 Å². The third-order valence-electron chi connectivity index (χ3n) is 7.40. The molecule has 3 aliphatic rings. The van der Waals surface area contributed by atoms with Gasteiger partial charge >= 0.3 is 0 Å². The highest BCUT2D eigenvalue weighted by molar-refractivity contribution is 5.65. The van der Waals surface area contributed by atoms with E-state index in [0.29, 0.717) is 19.1 Å². The molecule has 1 fully saturated rings. The Labute approximate surface area is 195 Å². The molecule has 3 atom stereocenters. The van der Waals surface area contributed by atoms with Crippen molar-refractivity contribution >= 4 is 5.69 Å². The Morgan fingerprint density at radius 1 is 0.848 bits per heavy atom. The second-order valence-corrected chi connectivity index (χ2v) is 9.68. The SMILES string of the molecule is Cc1cccc(CN2CC3C(c4ccc(C)c(C)c4)NNC3c3cc4c(cc32)OCCO4)c1. The fraction of sp³-hybridized carbons (Fsp3) is 0.357. The molecule has 33 heavy (non-hydrogen) atoms. The van der Waals surface area contributed by atoms with Crippen molar-refractivity contribution in [3.8, 4) is 11.5 Å². The average molecular weight is 442 g/mol. The minimum Gasteiger partial charge on any atom is -0.486 e. The lowest BCUT2D eigenvalue weighted by molar-refractivity contribution is 0.171. The van der Waals surface area contributed by atoms with Crippen molar-refractivity contribution in [2.45, 2.75) is 39.4 Å². The van der Waals surface area contributed by atoms with Gasteiger partial charge in [0.05, 0.1) is 12.1 Å². The van der Waals surface area contributed by atoms with Crippen LogP contribution in [0.4, 0.5) is 5.69 Å². The second kappa shape index (κ2) is 8.08. The fourth-order valence-electron chi connectivity index (χ4n) is 5.54. The van der Waals surface area contributed by atoms with Crippen LogP contribution in [0.25, 0.3) is 0 Å². The summed E-state index contributed by atoms with van der Waals surface area (Å²) in [5, 5.41) is 0. The van der Waals surface area contributed by atoms with Crippen LogP contribution in [0, 0.1) is 26.7 Å². The average Bonchev–Trinajstić information content (AvgIpc) is 3.24. The fourth-order valence-corrected chi connectivity index (χ4v) is 5.54. The molecule has 0 bridgehead atoms. The van der Waals surface area contributed by atoms with E-state index in [1.165, 1.54) is 39.1 Å². The number of anilines is 1. The number of hydrogen-bond donors (Lipinski definition) is 2. The lowest BCUT2D eigenvalue weighted by Crippen LogP contribution is -2.39. The summed E-state index contributed by atoms with van der Waals surface area (Å²) >= 11 is 0. The third-order valence-corrected chi connectivity index (χ3v) is 7.40. The minimum absolute atomic E-state index is 0.219. The summed E-state index contributed by atoms with van der Waals surface area (Å²) in [5.74, 6) is 2.10. The lowest BCUT2D eigenvalue weighted by atomic mass is 9.81. The molecule has 2 N–H and O–H groups in total. The van der Waals surface area contributed by atoms with Crippen LogP contribution in [0.5, 0.6) is 11.5 Å². The zero-order chi connectivity index (χ0) is 22.5. The Kier molecular flexibility index (Phi) is 5.04. The predicted molar refractivity (Wildman–Crippen MR) is 131 cm³/mol. The van der Waals surface area contributed by atoms with Crippen molar-refractivity contribution in [2.24, 2.45) is 5.92 Å². The molecule has 3 aliphatic heterocycles. The third kappa shape index (κ3) is 3.65. The van der Waals surface area contributed by atoms with E-state index in [1.54, 1.807) is 0 Å². The van der Waals surface area contributed by atoms with Gasteiger partial charge in [-0.05, 0) is 54.7 Å². The molecule has 0 saturated carbocycles. The van der Waals surface area contributed by atoms with Crippen LogP contribution in [0.3, 0.4) is 0 Å². The molecule has 0 aliphatic carbocycles. The first-order valence-corrected chi connectivity index (χ1v) is 11.9. The molecule has 3 heterocycles. The minimum atomic E-state index is 0.219. The van der Waals surface area contributed by atoms with Gasteiger partial charge in [0.1, 0.15) is 13.2 Å². The molecule has 0 spiro atoms.